The zero-order chi connectivity index (χ0) is 17.3. The third-order valence-corrected chi connectivity index (χ3v) is 4.00. The first kappa shape index (κ1) is 16.3. The molecule has 1 saturated heterocycles. The van der Waals surface area contributed by atoms with Crippen molar-refractivity contribution in [2.75, 3.05) is 31.1 Å². The molecule has 0 spiro atoms. The van der Waals surface area contributed by atoms with Crippen molar-refractivity contribution in [2.45, 2.75) is 0 Å². The van der Waals surface area contributed by atoms with Gasteiger partial charge in [-0.25, -0.2) is 17.6 Å². The molecular formula is C17H14F4N2O. The van der Waals surface area contributed by atoms with Gasteiger partial charge in [0.05, 0.1) is 0 Å². The maximum absolute atomic E-state index is 13.3. The Morgan fingerprint density at radius 1 is 0.750 bits per heavy atom. The molecule has 3 rings (SSSR count). The van der Waals surface area contributed by atoms with Crippen molar-refractivity contribution in [2.24, 2.45) is 0 Å². The SMILES string of the molecule is O=C(c1ccc(F)c(F)c1)N1CCN(c2ccc(F)c(F)c2)CC1. The molecule has 1 aliphatic rings. The summed E-state index contributed by atoms with van der Waals surface area (Å²) in [4.78, 5) is 15.7. The van der Waals surface area contributed by atoms with E-state index in [9.17, 15) is 22.4 Å². The van der Waals surface area contributed by atoms with E-state index in [1.165, 1.54) is 17.0 Å². The van der Waals surface area contributed by atoms with Gasteiger partial charge in [0.15, 0.2) is 23.3 Å². The van der Waals surface area contributed by atoms with Gasteiger partial charge in [-0.05, 0) is 30.3 Å². The number of benzene rings is 2. The highest BCUT2D eigenvalue weighted by Crippen LogP contribution is 2.20. The summed E-state index contributed by atoms with van der Waals surface area (Å²) in [6.45, 7) is 1.55. The zero-order valence-electron chi connectivity index (χ0n) is 12.6. The number of hydrogen-bond acceptors (Lipinski definition) is 2. The van der Waals surface area contributed by atoms with E-state index < -0.39 is 23.3 Å². The van der Waals surface area contributed by atoms with E-state index in [0.717, 1.165) is 24.3 Å². The number of piperazine rings is 1. The molecule has 2 aromatic carbocycles. The fraction of sp³-hybridized carbons (Fsp3) is 0.235. The smallest absolute Gasteiger partial charge is 0.254 e. The molecular weight excluding hydrogens is 324 g/mol. The van der Waals surface area contributed by atoms with Crippen LogP contribution in [0, 0.1) is 23.3 Å². The Kier molecular flexibility index (Phi) is 4.42. The first-order chi connectivity index (χ1) is 11.5. The van der Waals surface area contributed by atoms with Crippen LogP contribution in [0.3, 0.4) is 0 Å². The van der Waals surface area contributed by atoms with E-state index in [2.05, 4.69) is 0 Å². The summed E-state index contributed by atoms with van der Waals surface area (Å²) in [7, 11) is 0. The normalized spacial score (nSPS) is 14.8. The fourth-order valence-electron chi connectivity index (χ4n) is 2.66. The van der Waals surface area contributed by atoms with Crippen LogP contribution in [-0.2, 0) is 0 Å². The van der Waals surface area contributed by atoms with E-state index >= 15 is 0 Å². The molecule has 0 saturated carbocycles. The van der Waals surface area contributed by atoms with Gasteiger partial charge in [-0.3, -0.25) is 4.79 Å². The molecule has 0 aromatic heterocycles. The highest BCUT2D eigenvalue weighted by Gasteiger charge is 2.23. The van der Waals surface area contributed by atoms with E-state index in [4.69, 9.17) is 0 Å². The van der Waals surface area contributed by atoms with Gasteiger partial charge in [0.2, 0.25) is 0 Å². The molecule has 24 heavy (non-hydrogen) atoms. The van der Waals surface area contributed by atoms with Crippen LogP contribution in [0.2, 0.25) is 0 Å². The summed E-state index contributed by atoms with van der Waals surface area (Å²) in [6, 6.07) is 6.68. The molecule has 1 amide bonds. The van der Waals surface area contributed by atoms with Crippen LogP contribution in [0.25, 0.3) is 0 Å². The van der Waals surface area contributed by atoms with Crippen molar-refractivity contribution in [1.29, 1.82) is 0 Å². The van der Waals surface area contributed by atoms with Gasteiger partial charge in [0.1, 0.15) is 0 Å². The minimum atomic E-state index is -1.07. The molecule has 1 heterocycles. The molecule has 126 valence electrons. The number of nitrogens with zero attached hydrogens (tertiary/aromatic N) is 2. The minimum absolute atomic E-state index is 0.0789. The van der Waals surface area contributed by atoms with Gasteiger partial charge in [-0.15, -0.1) is 0 Å². The van der Waals surface area contributed by atoms with Crippen LogP contribution in [-0.4, -0.2) is 37.0 Å². The molecule has 0 radical (unpaired) electrons. The summed E-state index contributed by atoms with van der Waals surface area (Å²) in [5.41, 5.74) is 0.615. The number of carbonyl (C=O) groups excluding carboxylic acids is 1. The standard InChI is InChI=1S/C17H14F4N2O/c18-13-3-1-11(9-15(13)20)17(24)23-7-5-22(6-8-23)12-2-4-14(19)16(21)10-12/h1-4,9-10H,5-8H2. The van der Waals surface area contributed by atoms with Crippen LogP contribution in [0.1, 0.15) is 10.4 Å². The number of halogens is 4. The van der Waals surface area contributed by atoms with Crippen molar-refractivity contribution in [3.63, 3.8) is 0 Å². The zero-order valence-corrected chi connectivity index (χ0v) is 12.6. The molecule has 7 heteroatoms. The van der Waals surface area contributed by atoms with Gasteiger partial charge in [0, 0.05) is 43.5 Å². The molecule has 0 aliphatic carbocycles. The lowest BCUT2D eigenvalue weighted by molar-refractivity contribution is 0.0746. The third kappa shape index (κ3) is 3.20. The third-order valence-electron chi connectivity index (χ3n) is 4.00. The predicted molar refractivity (Wildman–Crippen MR) is 80.8 cm³/mol. The number of carbonyl (C=O) groups is 1. The lowest BCUT2D eigenvalue weighted by Crippen LogP contribution is -2.48. The molecule has 0 atom stereocenters. The van der Waals surface area contributed by atoms with Crippen molar-refractivity contribution in [3.8, 4) is 0 Å². The van der Waals surface area contributed by atoms with E-state index in [-0.39, 0.29) is 11.5 Å². The largest absolute Gasteiger partial charge is 0.368 e. The quantitative estimate of drug-likeness (QED) is 0.785. The maximum atomic E-state index is 13.3. The maximum Gasteiger partial charge on any atom is 0.254 e. The summed E-state index contributed by atoms with van der Waals surface area (Å²) < 4.78 is 52.5. The summed E-state index contributed by atoms with van der Waals surface area (Å²) in [5.74, 6) is -4.30. The summed E-state index contributed by atoms with van der Waals surface area (Å²) >= 11 is 0. The van der Waals surface area contributed by atoms with Crippen LogP contribution in [0.4, 0.5) is 23.2 Å². The Balaban J connectivity index is 1.66. The lowest BCUT2D eigenvalue weighted by atomic mass is 10.1. The monoisotopic (exact) mass is 338 g/mol. The highest BCUT2D eigenvalue weighted by molar-refractivity contribution is 5.94. The molecule has 0 N–H and O–H groups in total. The fourth-order valence-corrected chi connectivity index (χ4v) is 2.66. The molecule has 0 bridgehead atoms. The van der Waals surface area contributed by atoms with Gasteiger partial charge in [-0.2, -0.15) is 0 Å². The first-order valence-corrected chi connectivity index (χ1v) is 7.40. The van der Waals surface area contributed by atoms with Crippen LogP contribution in [0.5, 0.6) is 0 Å². The Hall–Kier alpha value is -2.57. The number of hydrogen-bond donors (Lipinski definition) is 0. The second-order valence-electron chi connectivity index (χ2n) is 5.51. The Morgan fingerprint density at radius 3 is 1.92 bits per heavy atom. The molecule has 1 fully saturated rings. The van der Waals surface area contributed by atoms with Crippen LogP contribution < -0.4 is 4.90 Å². The Bertz CT molecular complexity index is 773. The summed E-state index contributed by atoms with van der Waals surface area (Å²) in [5, 5.41) is 0. The first-order valence-electron chi connectivity index (χ1n) is 7.40. The van der Waals surface area contributed by atoms with Crippen molar-refractivity contribution < 1.29 is 22.4 Å². The van der Waals surface area contributed by atoms with Crippen molar-refractivity contribution in [3.05, 3.63) is 65.2 Å². The highest BCUT2D eigenvalue weighted by atomic mass is 19.2. The van der Waals surface area contributed by atoms with Gasteiger partial charge < -0.3 is 9.80 Å². The Morgan fingerprint density at radius 2 is 1.33 bits per heavy atom. The lowest BCUT2D eigenvalue weighted by Gasteiger charge is -2.36. The number of amides is 1. The van der Waals surface area contributed by atoms with E-state index in [1.807, 2.05) is 4.90 Å². The second kappa shape index (κ2) is 6.51. The minimum Gasteiger partial charge on any atom is -0.368 e. The van der Waals surface area contributed by atoms with Crippen LogP contribution >= 0.6 is 0 Å². The van der Waals surface area contributed by atoms with E-state index in [1.54, 1.807) is 0 Å². The van der Waals surface area contributed by atoms with Crippen molar-refractivity contribution >= 4 is 11.6 Å². The average molecular weight is 338 g/mol. The number of anilines is 1. The number of rotatable bonds is 2. The predicted octanol–water partition coefficient (Wildman–Crippen LogP) is 3.21. The van der Waals surface area contributed by atoms with Gasteiger partial charge in [-0.1, -0.05) is 0 Å². The molecule has 1 aliphatic heterocycles. The van der Waals surface area contributed by atoms with Crippen LogP contribution in [0.15, 0.2) is 36.4 Å². The topological polar surface area (TPSA) is 23.6 Å². The van der Waals surface area contributed by atoms with Gasteiger partial charge >= 0.3 is 0 Å². The van der Waals surface area contributed by atoms with E-state index in [0.29, 0.717) is 31.9 Å². The van der Waals surface area contributed by atoms with Gasteiger partial charge in [0.25, 0.3) is 5.91 Å². The molecule has 3 nitrogen and oxygen atoms in total. The Labute approximate surface area is 136 Å². The summed E-state index contributed by atoms with van der Waals surface area (Å²) in [6.07, 6.45) is 0. The second-order valence-corrected chi connectivity index (χ2v) is 5.51. The molecule has 0 unspecified atom stereocenters. The molecule has 2 aromatic rings. The average Bonchev–Trinajstić information content (AvgIpc) is 2.59. The van der Waals surface area contributed by atoms with Crippen molar-refractivity contribution in [1.82, 2.24) is 4.90 Å².